The largest absolute Gasteiger partial charge is 0.388 e. The molecular formula is C15H14BrFO. The van der Waals surface area contributed by atoms with Crippen molar-refractivity contribution < 1.29 is 9.50 Å². The van der Waals surface area contributed by atoms with Gasteiger partial charge in [0.05, 0.1) is 10.6 Å². The first kappa shape index (κ1) is 13.2. The Labute approximate surface area is 114 Å². The van der Waals surface area contributed by atoms with E-state index in [0.717, 1.165) is 11.1 Å². The number of benzene rings is 2. The monoisotopic (exact) mass is 308 g/mol. The third-order valence-electron chi connectivity index (χ3n) is 3.00. The van der Waals surface area contributed by atoms with Crippen LogP contribution in [-0.2, 0) is 6.42 Å². The summed E-state index contributed by atoms with van der Waals surface area (Å²) >= 11 is 3.13. The Kier molecular flexibility index (Phi) is 4.15. The molecular weight excluding hydrogens is 295 g/mol. The van der Waals surface area contributed by atoms with Gasteiger partial charge in [0.25, 0.3) is 0 Å². The number of rotatable bonds is 3. The van der Waals surface area contributed by atoms with Crippen LogP contribution in [0.1, 0.15) is 22.8 Å². The molecule has 1 nitrogen and oxygen atoms in total. The van der Waals surface area contributed by atoms with Crippen molar-refractivity contribution in [3.05, 3.63) is 69.4 Å². The van der Waals surface area contributed by atoms with Crippen LogP contribution >= 0.6 is 15.9 Å². The van der Waals surface area contributed by atoms with Gasteiger partial charge in [-0.05, 0) is 51.7 Å². The van der Waals surface area contributed by atoms with Gasteiger partial charge in [0.1, 0.15) is 5.82 Å². The van der Waals surface area contributed by atoms with Crippen LogP contribution in [-0.4, -0.2) is 5.11 Å². The summed E-state index contributed by atoms with van der Waals surface area (Å²) in [6, 6.07) is 12.5. The molecule has 0 fully saturated rings. The number of hydrogen-bond donors (Lipinski definition) is 1. The van der Waals surface area contributed by atoms with E-state index in [1.165, 1.54) is 6.07 Å². The highest BCUT2D eigenvalue weighted by molar-refractivity contribution is 9.10. The van der Waals surface area contributed by atoms with Crippen molar-refractivity contribution in [2.75, 3.05) is 0 Å². The predicted molar refractivity (Wildman–Crippen MR) is 73.9 cm³/mol. The Morgan fingerprint density at radius 3 is 2.61 bits per heavy atom. The van der Waals surface area contributed by atoms with Crippen molar-refractivity contribution in [3.63, 3.8) is 0 Å². The molecule has 18 heavy (non-hydrogen) atoms. The summed E-state index contributed by atoms with van der Waals surface area (Å²) in [4.78, 5) is 0. The van der Waals surface area contributed by atoms with Crippen molar-refractivity contribution in [1.82, 2.24) is 0 Å². The van der Waals surface area contributed by atoms with E-state index in [9.17, 15) is 9.50 Å². The average molecular weight is 309 g/mol. The second-order valence-electron chi connectivity index (χ2n) is 4.32. The van der Waals surface area contributed by atoms with Crippen molar-refractivity contribution in [2.24, 2.45) is 0 Å². The molecule has 0 radical (unpaired) electrons. The predicted octanol–water partition coefficient (Wildman–Crippen LogP) is 4.17. The van der Waals surface area contributed by atoms with Crippen LogP contribution in [0.3, 0.4) is 0 Å². The van der Waals surface area contributed by atoms with Crippen molar-refractivity contribution >= 4 is 15.9 Å². The number of halogens is 2. The molecule has 94 valence electrons. The molecule has 0 aliphatic rings. The van der Waals surface area contributed by atoms with Gasteiger partial charge in [-0.1, -0.05) is 30.3 Å². The second-order valence-corrected chi connectivity index (χ2v) is 5.17. The molecule has 0 aromatic heterocycles. The van der Waals surface area contributed by atoms with Gasteiger partial charge in [0.15, 0.2) is 0 Å². The summed E-state index contributed by atoms with van der Waals surface area (Å²) in [6.45, 7) is 2.02. The van der Waals surface area contributed by atoms with Gasteiger partial charge in [-0.25, -0.2) is 4.39 Å². The van der Waals surface area contributed by atoms with E-state index in [2.05, 4.69) is 15.9 Å². The first-order valence-corrected chi connectivity index (χ1v) is 6.55. The van der Waals surface area contributed by atoms with Gasteiger partial charge in [0.2, 0.25) is 0 Å². The van der Waals surface area contributed by atoms with Crippen LogP contribution in [0.5, 0.6) is 0 Å². The molecule has 3 heteroatoms. The average Bonchev–Trinajstić information content (AvgIpc) is 2.35. The van der Waals surface area contributed by atoms with E-state index < -0.39 is 6.10 Å². The van der Waals surface area contributed by atoms with Crippen LogP contribution in [0.4, 0.5) is 4.39 Å². The summed E-state index contributed by atoms with van der Waals surface area (Å²) < 4.78 is 13.5. The minimum atomic E-state index is -0.622. The summed E-state index contributed by atoms with van der Waals surface area (Å²) in [5, 5.41) is 10.2. The number of hydrogen-bond acceptors (Lipinski definition) is 1. The summed E-state index contributed by atoms with van der Waals surface area (Å²) in [5.41, 5.74) is 2.97. The smallest absolute Gasteiger partial charge is 0.137 e. The topological polar surface area (TPSA) is 20.2 Å². The third-order valence-corrected chi connectivity index (χ3v) is 3.61. The molecule has 2 rings (SSSR count). The zero-order chi connectivity index (χ0) is 13.1. The van der Waals surface area contributed by atoms with E-state index in [4.69, 9.17) is 0 Å². The SMILES string of the molecule is Cc1ccccc1CC(O)c1ccc(F)c(Br)c1. The molecule has 0 bridgehead atoms. The molecule has 2 aromatic rings. The normalized spacial score (nSPS) is 12.4. The van der Waals surface area contributed by atoms with E-state index in [1.807, 2.05) is 31.2 Å². The van der Waals surface area contributed by atoms with Gasteiger partial charge >= 0.3 is 0 Å². The lowest BCUT2D eigenvalue weighted by Gasteiger charge is -2.13. The van der Waals surface area contributed by atoms with E-state index in [-0.39, 0.29) is 5.82 Å². The molecule has 0 saturated carbocycles. The molecule has 1 atom stereocenters. The number of aryl methyl sites for hydroxylation is 1. The molecule has 2 aromatic carbocycles. The molecule has 0 saturated heterocycles. The fourth-order valence-corrected chi connectivity index (χ4v) is 2.28. The van der Waals surface area contributed by atoms with Crippen LogP contribution in [0, 0.1) is 12.7 Å². The lowest BCUT2D eigenvalue weighted by molar-refractivity contribution is 0.178. The number of aliphatic hydroxyl groups excluding tert-OH is 1. The van der Waals surface area contributed by atoms with Crippen LogP contribution in [0.2, 0.25) is 0 Å². The highest BCUT2D eigenvalue weighted by atomic mass is 79.9. The first-order valence-electron chi connectivity index (χ1n) is 5.75. The zero-order valence-corrected chi connectivity index (χ0v) is 11.6. The van der Waals surface area contributed by atoms with Gasteiger partial charge in [-0.3, -0.25) is 0 Å². The highest BCUT2D eigenvalue weighted by Gasteiger charge is 2.11. The highest BCUT2D eigenvalue weighted by Crippen LogP contribution is 2.24. The van der Waals surface area contributed by atoms with Crippen molar-refractivity contribution in [3.8, 4) is 0 Å². The third kappa shape index (κ3) is 2.98. The van der Waals surface area contributed by atoms with Gasteiger partial charge in [-0.2, -0.15) is 0 Å². The summed E-state index contributed by atoms with van der Waals surface area (Å²) in [6.07, 6.45) is -0.0897. The fraction of sp³-hybridized carbons (Fsp3) is 0.200. The quantitative estimate of drug-likeness (QED) is 0.902. The Morgan fingerprint density at radius 1 is 1.22 bits per heavy atom. The van der Waals surface area contributed by atoms with Crippen LogP contribution in [0.15, 0.2) is 46.9 Å². The van der Waals surface area contributed by atoms with Crippen LogP contribution < -0.4 is 0 Å². The maximum absolute atomic E-state index is 13.1. The molecule has 0 heterocycles. The molecule has 1 N–H and O–H groups in total. The minimum absolute atomic E-state index is 0.318. The molecule has 0 amide bonds. The summed E-state index contributed by atoms with van der Waals surface area (Å²) in [7, 11) is 0. The van der Waals surface area contributed by atoms with E-state index in [1.54, 1.807) is 12.1 Å². The van der Waals surface area contributed by atoms with E-state index in [0.29, 0.717) is 16.5 Å². The Bertz CT molecular complexity index is 554. The first-order chi connectivity index (χ1) is 8.58. The maximum atomic E-state index is 13.1. The molecule has 0 aliphatic heterocycles. The summed E-state index contributed by atoms with van der Waals surface area (Å²) in [5.74, 6) is -0.318. The van der Waals surface area contributed by atoms with Gasteiger partial charge in [0, 0.05) is 6.42 Å². The molecule has 0 aliphatic carbocycles. The Hall–Kier alpha value is -1.19. The van der Waals surface area contributed by atoms with Crippen LogP contribution in [0.25, 0.3) is 0 Å². The lowest BCUT2D eigenvalue weighted by Crippen LogP contribution is -2.03. The Morgan fingerprint density at radius 2 is 1.94 bits per heavy atom. The van der Waals surface area contributed by atoms with Gasteiger partial charge in [-0.15, -0.1) is 0 Å². The lowest BCUT2D eigenvalue weighted by atomic mass is 9.98. The minimum Gasteiger partial charge on any atom is -0.388 e. The van der Waals surface area contributed by atoms with Crippen molar-refractivity contribution in [1.29, 1.82) is 0 Å². The second kappa shape index (κ2) is 5.63. The Balaban J connectivity index is 2.19. The zero-order valence-electron chi connectivity index (χ0n) is 10.0. The standard InChI is InChI=1S/C15H14BrFO/c1-10-4-2-3-5-11(10)9-15(18)12-6-7-14(17)13(16)8-12/h2-8,15,18H,9H2,1H3. The number of aliphatic hydroxyl groups is 1. The van der Waals surface area contributed by atoms with Crippen molar-refractivity contribution in [2.45, 2.75) is 19.4 Å². The molecule has 1 unspecified atom stereocenters. The molecule has 0 spiro atoms. The fourth-order valence-electron chi connectivity index (χ4n) is 1.88. The maximum Gasteiger partial charge on any atom is 0.137 e. The van der Waals surface area contributed by atoms with Gasteiger partial charge < -0.3 is 5.11 Å². The van der Waals surface area contributed by atoms with E-state index >= 15 is 0 Å².